The summed E-state index contributed by atoms with van der Waals surface area (Å²) in [6.45, 7) is 4.03. The Balaban J connectivity index is 2.24. The number of ketones is 1. The summed E-state index contributed by atoms with van der Waals surface area (Å²) in [5, 5.41) is 0. The topological polar surface area (TPSA) is 43.1 Å². The molecule has 0 amide bonds. The van der Waals surface area contributed by atoms with Gasteiger partial charge in [-0.05, 0) is 25.2 Å². The van der Waals surface area contributed by atoms with Gasteiger partial charge in [0.05, 0.1) is 0 Å². The predicted molar refractivity (Wildman–Crippen MR) is 49.8 cm³/mol. The van der Waals surface area contributed by atoms with Gasteiger partial charge in [0.25, 0.3) is 0 Å². The minimum Gasteiger partial charge on any atom is -0.327 e. The average Bonchev–Trinajstić information content (AvgIpc) is 2.84. The second-order valence-corrected chi connectivity index (χ2v) is 3.98. The molecule has 0 aromatic rings. The summed E-state index contributed by atoms with van der Waals surface area (Å²) in [5.41, 5.74) is 5.85. The van der Waals surface area contributed by atoms with E-state index in [0.717, 1.165) is 6.42 Å². The molecule has 2 heteroatoms. The van der Waals surface area contributed by atoms with Gasteiger partial charge in [-0.15, -0.1) is 0 Å². The summed E-state index contributed by atoms with van der Waals surface area (Å²) in [4.78, 5) is 11.4. The zero-order valence-corrected chi connectivity index (χ0v) is 8.05. The van der Waals surface area contributed by atoms with Gasteiger partial charge in [-0.3, -0.25) is 4.79 Å². The van der Waals surface area contributed by atoms with Crippen LogP contribution in [0.1, 0.15) is 39.5 Å². The first-order valence-electron chi connectivity index (χ1n) is 4.93. The number of carbonyl (C=O) groups excluding carboxylic acids is 1. The van der Waals surface area contributed by atoms with Crippen LogP contribution in [0.5, 0.6) is 0 Å². The molecular weight excluding hydrogens is 150 g/mol. The lowest BCUT2D eigenvalue weighted by Crippen LogP contribution is -2.28. The van der Waals surface area contributed by atoms with Crippen molar-refractivity contribution in [2.45, 2.75) is 45.6 Å². The van der Waals surface area contributed by atoms with Gasteiger partial charge in [0.1, 0.15) is 5.78 Å². The van der Waals surface area contributed by atoms with E-state index < -0.39 is 0 Å². The summed E-state index contributed by atoms with van der Waals surface area (Å²) in [5.74, 6) is 1.20. The summed E-state index contributed by atoms with van der Waals surface area (Å²) < 4.78 is 0. The maximum absolute atomic E-state index is 11.4. The molecule has 0 saturated heterocycles. The number of rotatable bonds is 5. The van der Waals surface area contributed by atoms with E-state index in [1.807, 2.05) is 13.8 Å². The molecule has 0 aromatic heterocycles. The first-order valence-corrected chi connectivity index (χ1v) is 4.93. The van der Waals surface area contributed by atoms with E-state index in [4.69, 9.17) is 5.73 Å². The molecule has 2 nitrogen and oxygen atoms in total. The molecular formula is C10H19NO. The van der Waals surface area contributed by atoms with Crippen LogP contribution in [0, 0.1) is 11.8 Å². The van der Waals surface area contributed by atoms with Crippen LogP contribution >= 0.6 is 0 Å². The van der Waals surface area contributed by atoms with E-state index in [9.17, 15) is 4.79 Å². The largest absolute Gasteiger partial charge is 0.327 e. The number of hydrogen-bond donors (Lipinski definition) is 1. The zero-order valence-electron chi connectivity index (χ0n) is 8.05. The number of carbonyl (C=O) groups is 1. The molecule has 2 atom stereocenters. The van der Waals surface area contributed by atoms with E-state index in [-0.39, 0.29) is 12.0 Å². The normalized spacial score (nSPS) is 21.9. The third-order valence-corrected chi connectivity index (χ3v) is 2.83. The Bertz CT molecular complexity index is 163. The van der Waals surface area contributed by atoms with Gasteiger partial charge >= 0.3 is 0 Å². The van der Waals surface area contributed by atoms with Crippen molar-refractivity contribution in [1.29, 1.82) is 0 Å². The Morgan fingerprint density at radius 2 is 2.17 bits per heavy atom. The second-order valence-electron chi connectivity index (χ2n) is 3.98. The van der Waals surface area contributed by atoms with E-state index >= 15 is 0 Å². The standard InChI is InChI=1S/C10H19NO/c1-3-7(2)10(12)6-9(11)8-4-5-8/h7-9H,3-6,11H2,1-2H3. The molecule has 0 aliphatic heterocycles. The molecule has 70 valence electrons. The maximum atomic E-state index is 11.4. The van der Waals surface area contributed by atoms with Crippen molar-refractivity contribution in [2.24, 2.45) is 17.6 Å². The van der Waals surface area contributed by atoms with Crippen molar-refractivity contribution in [3.63, 3.8) is 0 Å². The zero-order chi connectivity index (χ0) is 9.14. The highest BCUT2D eigenvalue weighted by molar-refractivity contribution is 5.81. The summed E-state index contributed by atoms with van der Waals surface area (Å²) in [6, 6.07) is 0.145. The molecule has 0 heterocycles. The monoisotopic (exact) mass is 169 g/mol. The molecule has 12 heavy (non-hydrogen) atoms. The molecule has 1 aliphatic rings. The molecule has 0 aromatic carbocycles. The molecule has 1 saturated carbocycles. The lowest BCUT2D eigenvalue weighted by atomic mass is 9.96. The van der Waals surface area contributed by atoms with Crippen LogP contribution in [0.25, 0.3) is 0 Å². The number of hydrogen-bond acceptors (Lipinski definition) is 2. The minimum atomic E-state index is 0.145. The SMILES string of the molecule is CCC(C)C(=O)CC(N)C1CC1. The van der Waals surface area contributed by atoms with Gasteiger partial charge in [0, 0.05) is 18.4 Å². The quantitative estimate of drug-likeness (QED) is 0.681. The lowest BCUT2D eigenvalue weighted by molar-refractivity contribution is -0.122. The Morgan fingerprint density at radius 1 is 1.58 bits per heavy atom. The Hall–Kier alpha value is -0.370. The third kappa shape index (κ3) is 2.59. The molecule has 0 spiro atoms. The van der Waals surface area contributed by atoms with Crippen molar-refractivity contribution in [3.8, 4) is 0 Å². The fraction of sp³-hybridized carbons (Fsp3) is 0.900. The first-order chi connectivity index (χ1) is 5.65. The van der Waals surface area contributed by atoms with Crippen LogP contribution < -0.4 is 5.73 Å². The molecule has 0 bridgehead atoms. The van der Waals surface area contributed by atoms with Gasteiger partial charge in [0.15, 0.2) is 0 Å². The Labute approximate surface area is 74.5 Å². The Kier molecular flexibility index (Phi) is 3.27. The van der Waals surface area contributed by atoms with Crippen LogP contribution in [0.2, 0.25) is 0 Å². The van der Waals surface area contributed by atoms with E-state index in [0.29, 0.717) is 18.1 Å². The van der Waals surface area contributed by atoms with Gasteiger partial charge in [-0.2, -0.15) is 0 Å². The van der Waals surface area contributed by atoms with E-state index in [2.05, 4.69) is 0 Å². The van der Waals surface area contributed by atoms with Gasteiger partial charge < -0.3 is 5.73 Å². The summed E-state index contributed by atoms with van der Waals surface area (Å²) in [7, 11) is 0. The van der Waals surface area contributed by atoms with Crippen LogP contribution in [0.15, 0.2) is 0 Å². The van der Waals surface area contributed by atoms with Gasteiger partial charge in [-0.1, -0.05) is 13.8 Å². The third-order valence-electron chi connectivity index (χ3n) is 2.83. The highest BCUT2D eigenvalue weighted by Gasteiger charge is 2.30. The fourth-order valence-corrected chi connectivity index (χ4v) is 1.35. The van der Waals surface area contributed by atoms with Gasteiger partial charge in [0.2, 0.25) is 0 Å². The van der Waals surface area contributed by atoms with Crippen molar-refractivity contribution in [3.05, 3.63) is 0 Å². The fourth-order valence-electron chi connectivity index (χ4n) is 1.35. The predicted octanol–water partition coefficient (Wildman–Crippen LogP) is 1.73. The second kappa shape index (κ2) is 4.04. The molecule has 1 rings (SSSR count). The van der Waals surface area contributed by atoms with Crippen LogP contribution in [-0.2, 0) is 4.79 Å². The van der Waals surface area contributed by atoms with Crippen LogP contribution in [0.4, 0.5) is 0 Å². The minimum absolute atomic E-state index is 0.145. The molecule has 2 unspecified atom stereocenters. The molecule has 2 N–H and O–H groups in total. The first kappa shape index (κ1) is 9.72. The number of nitrogens with two attached hydrogens (primary N) is 1. The van der Waals surface area contributed by atoms with Crippen molar-refractivity contribution in [1.82, 2.24) is 0 Å². The van der Waals surface area contributed by atoms with E-state index in [1.165, 1.54) is 12.8 Å². The van der Waals surface area contributed by atoms with Gasteiger partial charge in [-0.25, -0.2) is 0 Å². The van der Waals surface area contributed by atoms with Crippen molar-refractivity contribution < 1.29 is 4.79 Å². The molecule has 1 aliphatic carbocycles. The van der Waals surface area contributed by atoms with Crippen LogP contribution in [0.3, 0.4) is 0 Å². The molecule has 1 fully saturated rings. The van der Waals surface area contributed by atoms with E-state index in [1.54, 1.807) is 0 Å². The maximum Gasteiger partial charge on any atom is 0.137 e. The van der Waals surface area contributed by atoms with Crippen LogP contribution in [-0.4, -0.2) is 11.8 Å². The smallest absolute Gasteiger partial charge is 0.137 e. The summed E-state index contributed by atoms with van der Waals surface area (Å²) in [6.07, 6.45) is 4.00. The lowest BCUT2D eigenvalue weighted by Gasteiger charge is -2.12. The highest BCUT2D eigenvalue weighted by Crippen LogP contribution is 2.33. The molecule has 0 radical (unpaired) electrons. The highest BCUT2D eigenvalue weighted by atomic mass is 16.1. The van der Waals surface area contributed by atoms with Crippen molar-refractivity contribution >= 4 is 5.78 Å². The van der Waals surface area contributed by atoms with Crippen molar-refractivity contribution in [2.75, 3.05) is 0 Å². The number of Topliss-reactive ketones (excluding diaryl/α,β-unsaturated/α-hetero) is 1. The Morgan fingerprint density at radius 3 is 2.58 bits per heavy atom. The summed E-state index contributed by atoms with van der Waals surface area (Å²) >= 11 is 0. The average molecular weight is 169 g/mol.